The molecule has 3 N–H and O–H groups in total. The fourth-order valence-corrected chi connectivity index (χ4v) is 4.43. The molecule has 28 heavy (non-hydrogen) atoms. The molecule has 1 aromatic heterocycles. The number of hydrogen-bond donors (Lipinski definition) is 3. The molecule has 0 bridgehead atoms. The van der Waals surface area contributed by atoms with Crippen LogP contribution in [0.1, 0.15) is 75.5 Å². The van der Waals surface area contributed by atoms with E-state index >= 15 is 0 Å². The Labute approximate surface area is 168 Å². The maximum atomic E-state index is 11.1. The second-order valence-electron chi connectivity index (χ2n) is 10.2. The number of phenols is 1. The van der Waals surface area contributed by atoms with Gasteiger partial charge in [0.2, 0.25) is 0 Å². The molecule has 3 nitrogen and oxygen atoms in total. The number of phenolic OH excluding ortho intramolecular Hbond substituents is 1. The van der Waals surface area contributed by atoms with Crippen LogP contribution in [0.15, 0.2) is 36.4 Å². The van der Waals surface area contributed by atoms with Gasteiger partial charge >= 0.3 is 0 Å². The van der Waals surface area contributed by atoms with Crippen LogP contribution in [0.25, 0.3) is 10.9 Å². The second-order valence-corrected chi connectivity index (χ2v) is 10.2. The smallest absolute Gasteiger partial charge is 0.123 e. The molecule has 0 amide bonds. The molecule has 1 atom stereocenters. The third-order valence-electron chi connectivity index (χ3n) is 5.94. The lowest BCUT2D eigenvalue weighted by Gasteiger charge is -2.31. The highest BCUT2D eigenvalue weighted by molar-refractivity contribution is 5.85. The normalized spacial score (nSPS) is 17.7. The van der Waals surface area contributed by atoms with Crippen molar-refractivity contribution in [3.05, 3.63) is 64.3 Å². The predicted molar refractivity (Wildman–Crippen MR) is 117 cm³/mol. The Hall–Kier alpha value is -2.26. The van der Waals surface area contributed by atoms with E-state index in [2.05, 4.69) is 88.2 Å². The van der Waals surface area contributed by atoms with E-state index < -0.39 is 0 Å². The molecule has 0 unspecified atom stereocenters. The number of hydrogen-bond acceptors (Lipinski definition) is 2. The fraction of sp³-hybridized carbons (Fsp3) is 0.440. The van der Waals surface area contributed by atoms with Crippen molar-refractivity contribution in [3.8, 4) is 5.75 Å². The van der Waals surface area contributed by atoms with Gasteiger partial charge in [0.15, 0.2) is 0 Å². The minimum absolute atomic E-state index is 0.110. The first-order valence-electron chi connectivity index (χ1n) is 10.3. The number of benzene rings is 2. The van der Waals surface area contributed by atoms with Crippen molar-refractivity contribution in [1.29, 1.82) is 0 Å². The number of aromatic hydroxyl groups is 1. The molecular weight excluding hydrogens is 344 g/mol. The van der Waals surface area contributed by atoms with Gasteiger partial charge in [0.1, 0.15) is 5.75 Å². The highest BCUT2D eigenvalue weighted by Crippen LogP contribution is 2.42. The first kappa shape index (κ1) is 19.1. The minimum Gasteiger partial charge on any atom is -0.507 e. The summed E-state index contributed by atoms with van der Waals surface area (Å²) in [7, 11) is 0. The van der Waals surface area contributed by atoms with Gasteiger partial charge in [-0.15, -0.1) is 0 Å². The van der Waals surface area contributed by atoms with E-state index in [-0.39, 0.29) is 16.9 Å². The van der Waals surface area contributed by atoms with Crippen molar-refractivity contribution in [2.75, 3.05) is 6.54 Å². The molecule has 1 aliphatic heterocycles. The van der Waals surface area contributed by atoms with Gasteiger partial charge in [-0.3, -0.25) is 0 Å². The zero-order valence-corrected chi connectivity index (χ0v) is 17.9. The minimum atomic E-state index is -0.127. The van der Waals surface area contributed by atoms with E-state index in [1.807, 2.05) is 0 Å². The third-order valence-corrected chi connectivity index (χ3v) is 5.94. The van der Waals surface area contributed by atoms with Crippen LogP contribution in [0.5, 0.6) is 5.75 Å². The topological polar surface area (TPSA) is 48.0 Å². The van der Waals surface area contributed by atoms with Crippen LogP contribution in [0.2, 0.25) is 0 Å². The number of rotatable bonds is 1. The van der Waals surface area contributed by atoms with Gasteiger partial charge in [-0.05, 0) is 57.7 Å². The molecular formula is C25H32N2O. The fourth-order valence-electron chi connectivity index (χ4n) is 4.43. The molecule has 0 spiro atoms. The third kappa shape index (κ3) is 3.12. The van der Waals surface area contributed by atoms with Gasteiger partial charge in [-0.1, -0.05) is 59.7 Å². The molecule has 2 heterocycles. The predicted octanol–water partition coefficient (Wildman–Crippen LogP) is 5.70. The molecule has 4 rings (SSSR count). The average Bonchev–Trinajstić information content (AvgIpc) is 2.99. The molecule has 0 fully saturated rings. The van der Waals surface area contributed by atoms with Crippen molar-refractivity contribution >= 4 is 10.9 Å². The Morgan fingerprint density at radius 1 is 0.929 bits per heavy atom. The molecule has 3 heteroatoms. The molecule has 0 aliphatic carbocycles. The van der Waals surface area contributed by atoms with E-state index in [0.29, 0.717) is 5.75 Å². The summed E-state index contributed by atoms with van der Waals surface area (Å²) >= 11 is 0. The number of aromatic amines is 1. The zero-order valence-electron chi connectivity index (χ0n) is 17.9. The number of para-hydroxylation sites is 1. The van der Waals surface area contributed by atoms with Gasteiger partial charge in [0.25, 0.3) is 0 Å². The van der Waals surface area contributed by atoms with Crippen LogP contribution in [-0.2, 0) is 17.3 Å². The lowest BCUT2D eigenvalue weighted by atomic mass is 9.77. The largest absolute Gasteiger partial charge is 0.507 e. The van der Waals surface area contributed by atoms with Crippen LogP contribution < -0.4 is 5.32 Å². The van der Waals surface area contributed by atoms with E-state index in [1.165, 1.54) is 27.7 Å². The summed E-state index contributed by atoms with van der Waals surface area (Å²) < 4.78 is 0. The molecule has 1 aliphatic rings. The lowest BCUT2D eigenvalue weighted by Crippen LogP contribution is -2.31. The highest BCUT2D eigenvalue weighted by Gasteiger charge is 2.31. The number of fused-ring (bicyclic) bond motifs is 3. The van der Waals surface area contributed by atoms with E-state index in [4.69, 9.17) is 0 Å². The Morgan fingerprint density at radius 2 is 1.54 bits per heavy atom. The molecule has 0 saturated carbocycles. The molecule has 0 saturated heterocycles. The molecule has 148 valence electrons. The summed E-state index contributed by atoms with van der Waals surface area (Å²) in [4.78, 5) is 3.67. The average molecular weight is 377 g/mol. The van der Waals surface area contributed by atoms with Gasteiger partial charge in [-0.25, -0.2) is 0 Å². The van der Waals surface area contributed by atoms with E-state index in [0.717, 1.165) is 24.1 Å². The van der Waals surface area contributed by atoms with Crippen LogP contribution >= 0.6 is 0 Å². The summed E-state index contributed by atoms with van der Waals surface area (Å²) in [5.74, 6) is 0.441. The first-order chi connectivity index (χ1) is 13.1. The molecule has 3 aromatic rings. The van der Waals surface area contributed by atoms with Crippen molar-refractivity contribution in [1.82, 2.24) is 10.3 Å². The van der Waals surface area contributed by atoms with Gasteiger partial charge in [0.05, 0.1) is 6.04 Å². The zero-order chi connectivity index (χ0) is 20.3. The Kier molecular flexibility index (Phi) is 4.35. The summed E-state index contributed by atoms with van der Waals surface area (Å²) in [6.45, 7) is 14.0. The Morgan fingerprint density at radius 3 is 2.14 bits per heavy atom. The summed E-state index contributed by atoms with van der Waals surface area (Å²) in [5.41, 5.74) is 6.88. The Balaban J connectivity index is 1.94. The van der Waals surface area contributed by atoms with Crippen molar-refractivity contribution in [2.45, 2.75) is 64.8 Å². The van der Waals surface area contributed by atoms with Crippen molar-refractivity contribution in [3.63, 3.8) is 0 Å². The summed E-state index contributed by atoms with van der Waals surface area (Å²) in [6, 6.07) is 13.1. The Bertz CT molecular complexity index is 996. The maximum Gasteiger partial charge on any atom is 0.123 e. The van der Waals surface area contributed by atoms with Gasteiger partial charge in [-0.2, -0.15) is 0 Å². The van der Waals surface area contributed by atoms with Gasteiger partial charge in [0, 0.05) is 23.1 Å². The van der Waals surface area contributed by atoms with Crippen molar-refractivity contribution < 1.29 is 5.11 Å². The number of H-pyrrole nitrogens is 1. The highest BCUT2D eigenvalue weighted by atomic mass is 16.3. The lowest BCUT2D eigenvalue weighted by molar-refractivity contribution is 0.421. The number of aromatic nitrogens is 1. The van der Waals surface area contributed by atoms with E-state index in [1.54, 1.807) is 0 Å². The molecule has 0 radical (unpaired) electrons. The van der Waals surface area contributed by atoms with Gasteiger partial charge < -0.3 is 15.4 Å². The SMILES string of the molecule is CC(C)(C)c1cc([C@@H]2NCCc3c2[nH]c2ccccc32)cc(C(C)(C)C)c1O. The summed E-state index contributed by atoms with van der Waals surface area (Å²) in [5, 5.41) is 16.1. The first-order valence-corrected chi connectivity index (χ1v) is 10.3. The standard InChI is InChI=1S/C25H32N2O/c1-24(2,3)18-13-15(14-19(23(18)28)25(4,5)6)21-22-17(11-12-26-21)16-9-7-8-10-20(16)27-22/h7-10,13-14,21,26-28H,11-12H2,1-6H3/t21-/m0/s1. The van der Waals surface area contributed by atoms with Crippen LogP contribution in [0, 0.1) is 0 Å². The second kappa shape index (κ2) is 6.38. The quantitative estimate of drug-likeness (QED) is 0.510. The van der Waals surface area contributed by atoms with Crippen LogP contribution in [-0.4, -0.2) is 16.6 Å². The van der Waals surface area contributed by atoms with Crippen LogP contribution in [0.4, 0.5) is 0 Å². The monoisotopic (exact) mass is 376 g/mol. The number of nitrogens with one attached hydrogen (secondary N) is 2. The van der Waals surface area contributed by atoms with E-state index in [9.17, 15) is 5.11 Å². The maximum absolute atomic E-state index is 11.1. The van der Waals surface area contributed by atoms with Crippen molar-refractivity contribution in [2.24, 2.45) is 0 Å². The molecule has 2 aromatic carbocycles. The van der Waals surface area contributed by atoms with Crippen LogP contribution in [0.3, 0.4) is 0 Å². The summed E-state index contributed by atoms with van der Waals surface area (Å²) in [6.07, 6.45) is 1.03.